The molecule has 29 heavy (non-hydrogen) atoms. The third-order valence-electron chi connectivity index (χ3n) is 5.21. The van der Waals surface area contributed by atoms with E-state index in [9.17, 15) is 9.59 Å². The Hall–Kier alpha value is -3.16. The lowest BCUT2D eigenvalue weighted by atomic mass is 10.0. The molecule has 0 spiro atoms. The summed E-state index contributed by atoms with van der Waals surface area (Å²) in [5, 5.41) is 0. The van der Waals surface area contributed by atoms with E-state index in [1.165, 1.54) is 6.26 Å². The molecule has 3 heterocycles. The average Bonchev–Trinajstić information content (AvgIpc) is 3.43. The maximum Gasteiger partial charge on any atom is 0.409 e. The molecular formula is C21H24N2O6. The maximum absolute atomic E-state index is 13.1. The molecular weight excluding hydrogens is 376 g/mol. The van der Waals surface area contributed by atoms with Crippen molar-refractivity contribution in [1.29, 1.82) is 0 Å². The summed E-state index contributed by atoms with van der Waals surface area (Å²) >= 11 is 0. The summed E-state index contributed by atoms with van der Waals surface area (Å²) in [5.74, 6) is 1.53. The highest BCUT2D eigenvalue weighted by Crippen LogP contribution is 2.33. The first-order valence-electron chi connectivity index (χ1n) is 9.80. The van der Waals surface area contributed by atoms with E-state index in [2.05, 4.69) is 0 Å². The first kappa shape index (κ1) is 19.2. The summed E-state index contributed by atoms with van der Waals surface area (Å²) < 4.78 is 21.3. The van der Waals surface area contributed by atoms with Gasteiger partial charge in [-0.3, -0.25) is 4.79 Å². The molecule has 0 saturated carbocycles. The summed E-state index contributed by atoms with van der Waals surface area (Å²) in [5.41, 5.74) is 0.946. The Kier molecular flexibility index (Phi) is 5.59. The summed E-state index contributed by atoms with van der Waals surface area (Å²) in [7, 11) is 0. The fourth-order valence-corrected chi connectivity index (χ4v) is 3.72. The lowest BCUT2D eigenvalue weighted by molar-refractivity contribution is 0.0490. The van der Waals surface area contributed by atoms with Gasteiger partial charge in [-0.15, -0.1) is 0 Å². The Bertz CT molecular complexity index is 858. The van der Waals surface area contributed by atoms with Crippen molar-refractivity contribution in [3.63, 3.8) is 0 Å². The standard InChI is InChI=1S/C21H24N2O6/c1-2-26-21(25)22-9-7-16(8-10-22)23(20(24)18-4-3-11-27-18)13-15-5-6-17-19(12-15)29-14-28-17/h3-6,11-12,16H,2,7-10,13-14H2,1H3. The molecule has 8 heteroatoms. The van der Waals surface area contributed by atoms with Crippen LogP contribution in [0.5, 0.6) is 11.5 Å². The Morgan fingerprint density at radius 2 is 1.97 bits per heavy atom. The van der Waals surface area contributed by atoms with Crippen LogP contribution in [0, 0.1) is 0 Å². The van der Waals surface area contributed by atoms with Crippen molar-refractivity contribution >= 4 is 12.0 Å². The van der Waals surface area contributed by atoms with E-state index in [1.54, 1.807) is 24.0 Å². The third kappa shape index (κ3) is 4.16. The first-order valence-corrected chi connectivity index (χ1v) is 9.80. The van der Waals surface area contributed by atoms with Crippen LogP contribution in [0.15, 0.2) is 41.0 Å². The van der Waals surface area contributed by atoms with E-state index in [4.69, 9.17) is 18.6 Å². The van der Waals surface area contributed by atoms with Crippen molar-refractivity contribution in [2.45, 2.75) is 32.4 Å². The Morgan fingerprint density at radius 1 is 1.17 bits per heavy atom. The number of hydrogen-bond donors (Lipinski definition) is 0. The van der Waals surface area contributed by atoms with Crippen LogP contribution in [0.3, 0.4) is 0 Å². The molecule has 4 rings (SSSR count). The van der Waals surface area contributed by atoms with Crippen molar-refractivity contribution in [3.8, 4) is 11.5 Å². The fourth-order valence-electron chi connectivity index (χ4n) is 3.72. The lowest BCUT2D eigenvalue weighted by Gasteiger charge is -2.38. The number of amides is 2. The average molecular weight is 400 g/mol. The number of fused-ring (bicyclic) bond motifs is 1. The second kappa shape index (κ2) is 8.46. The van der Waals surface area contributed by atoms with Crippen molar-refractivity contribution in [3.05, 3.63) is 47.9 Å². The number of ether oxygens (including phenoxy) is 3. The minimum Gasteiger partial charge on any atom is -0.459 e. The van der Waals surface area contributed by atoms with Crippen LogP contribution in [0.1, 0.15) is 35.9 Å². The van der Waals surface area contributed by atoms with Crippen LogP contribution in [-0.2, 0) is 11.3 Å². The molecule has 1 saturated heterocycles. The molecule has 1 aromatic heterocycles. The molecule has 0 radical (unpaired) electrons. The van der Waals surface area contributed by atoms with Gasteiger partial charge in [0.15, 0.2) is 17.3 Å². The number of carbonyl (C=O) groups excluding carboxylic acids is 2. The van der Waals surface area contributed by atoms with Gasteiger partial charge in [0, 0.05) is 25.7 Å². The highest BCUT2D eigenvalue weighted by Gasteiger charge is 2.32. The molecule has 2 aromatic rings. The molecule has 0 N–H and O–H groups in total. The first-order chi connectivity index (χ1) is 14.2. The van der Waals surface area contributed by atoms with Crippen molar-refractivity contribution in [2.24, 2.45) is 0 Å². The van der Waals surface area contributed by atoms with Crippen LogP contribution in [0.25, 0.3) is 0 Å². The van der Waals surface area contributed by atoms with Crippen LogP contribution in [0.2, 0.25) is 0 Å². The minimum absolute atomic E-state index is 0.0105. The van der Waals surface area contributed by atoms with Crippen molar-refractivity contribution in [1.82, 2.24) is 9.80 Å². The molecule has 8 nitrogen and oxygen atoms in total. The summed E-state index contributed by atoms with van der Waals surface area (Å²) in [6.07, 6.45) is 2.55. The van der Waals surface area contributed by atoms with E-state index in [0.29, 0.717) is 56.3 Å². The summed E-state index contributed by atoms with van der Waals surface area (Å²) in [6, 6.07) is 9.06. The number of carbonyl (C=O) groups is 2. The normalized spacial score (nSPS) is 16.0. The minimum atomic E-state index is -0.300. The van der Waals surface area contributed by atoms with Gasteiger partial charge >= 0.3 is 6.09 Å². The zero-order chi connectivity index (χ0) is 20.2. The monoisotopic (exact) mass is 400 g/mol. The van der Waals surface area contributed by atoms with E-state index in [0.717, 1.165) is 5.56 Å². The predicted molar refractivity (Wildman–Crippen MR) is 103 cm³/mol. The zero-order valence-corrected chi connectivity index (χ0v) is 16.3. The maximum atomic E-state index is 13.1. The number of nitrogens with zero attached hydrogens (tertiary/aromatic N) is 2. The molecule has 0 bridgehead atoms. The fraction of sp³-hybridized carbons (Fsp3) is 0.429. The second-order valence-electron chi connectivity index (χ2n) is 7.02. The SMILES string of the molecule is CCOC(=O)N1CCC(N(Cc2ccc3c(c2)OCO3)C(=O)c2ccco2)CC1. The number of piperidine rings is 1. The van der Waals surface area contributed by atoms with E-state index < -0.39 is 0 Å². The van der Waals surface area contributed by atoms with Crippen molar-refractivity contribution < 1.29 is 28.2 Å². The number of likely N-dealkylation sites (tertiary alicyclic amines) is 1. The van der Waals surface area contributed by atoms with Gasteiger partial charge in [-0.25, -0.2) is 4.79 Å². The molecule has 2 amide bonds. The predicted octanol–water partition coefficient (Wildman–Crippen LogP) is 3.27. The Labute approximate surface area is 168 Å². The number of furan rings is 1. The summed E-state index contributed by atoms with van der Waals surface area (Å²) in [6.45, 7) is 3.87. The van der Waals surface area contributed by atoms with Gasteiger partial charge < -0.3 is 28.4 Å². The van der Waals surface area contributed by atoms with Gasteiger partial charge in [0.2, 0.25) is 6.79 Å². The highest BCUT2D eigenvalue weighted by molar-refractivity contribution is 5.91. The molecule has 1 aromatic carbocycles. The Balaban J connectivity index is 1.50. The van der Waals surface area contributed by atoms with Crippen LogP contribution < -0.4 is 9.47 Å². The Morgan fingerprint density at radius 3 is 2.69 bits per heavy atom. The van der Waals surface area contributed by atoms with E-state index in [1.807, 2.05) is 23.1 Å². The molecule has 0 aliphatic carbocycles. The van der Waals surface area contributed by atoms with Crippen LogP contribution in [-0.4, -0.2) is 54.3 Å². The van der Waals surface area contributed by atoms with Gasteiger partial charge in [0.1, 0.15) is 0 Å². The number of hydrogen-bond acceptors (Lipinski definition) is 6. The lowest BCUT2D eigenvalue weighted by Crippen LogP contribution is -2.48. The largest absolute Gasteiger partial charge is 0.459 e. The molecule has 0 unspecified atom stereocenters. The van der Waals surface area contributed by atoms with Gasteiger partial charge in [0.05, 0.1) is 12.9 Å². The van der Waals surface area contributed by atoms with Gasteiger partial charge in [-0.05, 0) is 49.6 Å². The third-order valence-corrected chi connectivity index (χ3v) is 5.21. The smallest absolute Gasteiger partial charge is 0.409 e. The van der Waals surface area contributed by atoms with Gasteiger partial charge in [-0.1, -0.05) is 6.07 Å². The topological polar surface area (TPSA) is 81.5 Å². The van der Waals surface area contributed by atoms with Gasteiger partial charge in [-0.2, -0.15) is 0 Å². The summed E-state index contributed by atoms with van der Waals surface area (Å²) in [4.78, 5) is 28.6. The van der Waals surface area contributed by atoms with Crippen LogP contribution in [0.4, 0.5) is 4.79 Å². The molecule has 154 valence electrons. The molecule has 1 fully saturated rings. The van der Waals surface area contributed by atoms with Crippen LogP contribution >= 0.6 is 0 Å². The second-order valence-corrected chi connectivity index (χ2v) is 7.02. The van der Waals surface area contributed by atoms with Crippen molar-refractivity contribution in [2.75, 3.05) is 26.5 Å². The molecule has 2 aliphatic heterocycles. The van der Waals surface area contributed by atoms with E-state index in [-0.39, 0.29) is 24.8 Å². The van der Waals surface area contributed by atoms with Gasteiger partial charge in [0.25, 0.3) is 5.91 Å². The van der Waals surface area contributed by atoms with E-state index >= 15 is 0 Å². The number of rotatable bonds is 5. The molecule has 0 atom stereocenters. The molecule has 2 aliphatic rings. The number of benzene rings is 1. The quantitative estimate of drug-likeness (QED) is 0.766. The zero-order valence-electron chi connectivity index (χ0n) is 16.3. The highest BCUT2D eigenvalue weighted by atomic mass is 16.7.